The highest BCUT2D eigenvalue weighted by atomic mass is 35.5. The fraction of sp³-hybridized carbons (Fsp3) is 0.621. The largest absolute Gasteiger partial charge is 0.481 e. The van der Waals surface area contributed by atoms with Crippen molar-refractivity contribution in [1.29, 1.82) is 0 Å². The number of hydrogen-bond acceptors (Lipinski definition) is 6. The number of anilines is 1. The van der Waals surface area contributed by atoms with E-state index in [-0.39, 0.29) is 36.7 Å². The van der Waals surface area contributed by atoms with Gasteiger partial charge in [-0.25, -0.2) is 0 Å². The van der Waals surface area contributed by atoms with E-state index in [4.69, 9.17) is 20.9 Å². The molecule has 3 N–H and O–H groups in total. The van der Waals surface area contributed by atoms with Gasteiger partial charge in [-0.1, -0.05) is 36.7 Å². The first-order chi connectivity index (χ1) is 18.1. The first-order valence-electron chi connectivity index (χ1n) is 13.5. The number of carboxylic acid groups (broad SMARTS) is 1. The molecule has 1 aromatic carbocycles. The van der Waals surface area contributed by atoms with Crippen molar-refractivity contribution in [3.05, 3.63) is 45.8 Å². The number of hydrogen-bond donors (Lipinski definition) is 3. The van der Waals surface area contributed by atoms with Gasteiger partial charge in [0.15, 0.2) is 0 Å². The van der Waals surface area contributed by atoms with Crippen molar-refractivity contribution >= 4 is 29.2 Å². The Morgan fingerprint density at radius 2 is 2.00 bits per heavy atom. The molecule has 2 fully saturated rings. The van der Waals surface area contributed by atoms with Crippen molar-refractivity contribution in [3.8, 4) is 0 Å². The van der Waals surface area contributed by atoms with Crippen LogP contribution in [0.2, 0.25) is 5.02 Å². The summed E-state index contributed by atoms with van der Waals surface area (Å²) in [7, 11) is 1.74. The quantitative estimate of drug-likeness (QED) is 0.256. The highest BCUT2D eigenvalue weighted by molar-refractivity contribution is 6.33. The second-order valence-corrected chi connectivity index (χ2v) is 12.2. The van der Waals surface area contributed by atoms with Crippen molar-refractivity contribution in [1.82, 2.24) is 5.16 Å². The van der Waals surface area contributed by atoms with Crippen LogP contribution in [0, 0.1) is 11.3 Å². The molecule has 1 atom stereocenters. The number of aliphatic hydroxyl groups is 1. The molecule has 8 nitrogen and oxygen atoms in total. The van der Waals surface area contributed by atoms with Crippen molar-refractivity contribution in [2.75, 3.05) is 19.0 Å². The molecule has 0 bridgehead atoms. The Morgan fingerprint density at radius 3 is 2.61 bits per heavy atom. The molecule has 2 saturated carbocycles. The van der Waals surface area contributed by atoms with Crippen LogP contribution in [0.5, 0.6) is 0 Å². The zero-order valence-electron chi connectivity index (χ0n) is 22.5. The van der Waals surface area contributed by atoms with Gasteiger partial charge in [-0.15, -0.1) is 0 Å². The maximum absolute atomic E-state index is 13.0. The molecule has 2 aromatic rings. The summed E-state index contributed by atoms with van der Waals surface area (Å²) in [5, 5.41) is 26.3. The van der Waals surface area contributed by atoms with Crippen molar-refractivity contribution in [3.63, 3.8) is 0 Å². The third-order valence-corrected chi connectivity index (χ3v) is 8.08. The van der Waals surface area contributed by atoms with Gasteiger partial charge >= 0.3 is 5.97 Å². The summed E-state index contributed by atoms with van der Waals surface area (Å²) in [4.78, 5) is 24.5. The smallest absolute Gasteiger partial charge is 0.303 e. The molecular weight excluding hydrogens is 508 g/mol. The Balaban J connectivity index is 1.49. The number of aliphatic carboxylic acids is 1. The molecule has 1 amide bonds. The van der Waals surface area contributed by atoms with E-state index < -0.39 is 5.97 Å². The number of rotatable bonds is 14. The Kier molecular flexibility index (Phi) is 9.16. The number of aromatic nitrogens is 1. The predicted molar refractivity (Wildman–Crippen MR) is 144 cm³/mol. The Morgan fingerprint density at radius 1 is 1.26 bits per heavy atom. The van der Waals surface area contributed by atoms with Crippen molar-refractivity contribution in [2.24, 2.45) is 11.3 Å². The number of methoxy groups -OCH3 is 1. The predicted octanol–water partition coefficient (Wildman–Crippen LogP) is 6.23. The SMILES string of the molecule is COCC(C)(C)CC1CC(c2onc([C@@H](CCC(=O)O)CC(=O)Nc3ccc(CO)cc3Cl)c2C2CC2)C1. The van der Waals surface area contributed by atoms with Crippen molar-refractivity contribution < 1.29 is 29.1 Å². The molecule has 208 valence electrons. The molecular formula is C29H39ClN2O6. The van der Waals surface area contributed by atoms with E-state index in [1.54, 1.807) is 25.3 Å². The summed E-state index contributed by atoms with van der Waals surface area (Å²) in [6.45, 7) is 5.06. The van der Waals surface area contributed by atoms with Gasteiger partial charge in [0, 0.05) is 37.4 Å². The van der Waals surface area contributed by atoms with Crippen LogP contribution in [0.3, 0.4) is 0 Å². The lowest BCUT2D eigenvalue weighted by molar-refractivity contribution is -0.137. The fourth-order valence-electron chi connectivity index (χ4n) is 5.86. The second-order valence-electron chi connectivity index (χ2n) is 11.8. The van der Waals surface area contributed by atoms with E-state index in [1.807, 2.05) is 0 Å². The molecule has 0 saturated heterocycles. The number of carboxylic acids is 1. The summed E-state index contributed by atoms with van der Waals surface area (Å²) < 4.78 is 11.3. The minimum atomic E-state index is -0.907. The molecule has 0 radical (unpaired) electrons. The van der Waals surface area contributed by atoms with Crippen LogP contribution < -0.4 is 5.32 Å². The molecule has 2 aliphatic rings. The van der Waals surface area contributed by atoms with Gasteiger partial charge in [-0.2, -0.15) is 0 Å². The summed E-state index contributed by atoms with van der Waals surface area (Å²) in [5.41, 5.74) is 3.08. The zero-order valence-corrected chi connectivity index (χ0v) is 23.2. The van der Waals surface area contributed by atoms with Crippen LogP contribution in [-0.4, -0.2) is 41.0 Å². The minimum absolute atomic E-state index is 0.0592. The maximum atomic E-state index is 13.0. The van der Waals surface area contributed by atoms with Gasteiger partial charge in [0.05, 0.1) is 29.6 Å². The van der Waals surface area contributed by atoms with Crippen LogP contribution in [0.25, 0.3) is 0 Å². The van der Waals surface area contributed by atoms with E-state index >= 15 is 0 Å². The lowest BCUT2D eigenvalue weighted by atomic mass is 9.66. The van der Waals surface area contributed by atoms with E-state index in [1.165, 1.54) is 0 Å². The molecule has 9 heteroatoms. The molecule has 1 heterocycles. The number of nitrogens with zero attached hydrogens (tertiary/aromatic N) is 1. The molecule has 38 heavy (non-hydrogen) atoms. The topological polar surface area (TPSA) is 122 Å². The number of nitrogens with one attached hydrogen (secondary N) is 1. The van der Waals surface area contributed by atoms with Gasteiger partial charge in [-0.05, 0) is 73.5 Å². The van der Waals surface area contributed by atoms with E-state index in [0.717, 1.165) is 55.7 Å². The van der Waals surface area contributed by atoms with E-state index in [0.29, 0.717) is 40.4 Å². The highest BCUT2D eigenvalue weighted by Crippen LogP contribution is 2.53. The Bertz CT molecular complexity index is 1140. The Labute approximate surface area is 229 Å². The number of ether oxygens (including phenoxy) is 1. The molecule has 0 spiro atoms. The maximum Gasteiger partial charge on any atom is 0.303 e. The number of benzene rings is 1. The summed E-state index contributed by atoms with van der Waals surface area (Å²) >= 11 is 6.28. The standard InChI is InChI=1S/C29H39ClN2O6/c1-29(2,16-37-3)14-18-10-21(11-18)28-26(19-5-6-19)27(32-38-28)20(7-9-25(35)36)13-24(34)31-23-8-4-17(15-33)12-22(23)30/h4,8,12,18-21,33H,5-7,9-11,13-16H2,1-3H3,(H,31,34)(H,35,36)/t18?,20-,21?/m0/s1. The summed E-state index contributed by atoms with van der Waals surface area (Å²) in [5.74, 6) is 0.683. The number of carbonyl (C=O) groups is 2. The fourth-order valence-corrected chi connectivity index (χ4v) is 6.11. The molecule has 0 unspecified atom stereocenters. The van der Waals surface area contributed by atoms with Crippen LogP contribution in [0.1, 0.15) is 106 Å². The first-order valence-corrected chi connectivity index (χ1v) is 13.9. The van der Waals surface area contributed by atoms with Gasteiger partial charge in [-0.3, -0.25) is 9.59 Å². The first kappa shape index (κ1) is 28.6. The number of aliphatic hydroxyl groups excluding tert-OH is 1. The summed E-state index contributed by atoms with van der Waals surface area (Å²) in [6.07, 6.45) is 5.62. The van der Waals surface area contributed by atoms with Gasteiger partial charge in [0.25, 0.3) is 0 Å². The average molecular weight is 547 g/mol. The Hall–Kier alpha value is -2.42. The number of amides is 1. The summed E-state index contributed by atoms with van der Waals surface area (Å²) in [6, 6.07) is 4.96. The number of carbonyl (C=O) groups excluding carboxylic acids is 1. The van der Waals surface area contributed by atoms with Crippen LogP contribution in [0.4, 0.5) is 5.69 Å². The van der Waals surface area contributed by atoms with E-state index in [9.17, 15) is 19.8 Å². The van der Waals surface area contributed by atoms with Crippen LogP contribution in [0.15, 0.2) is 22.7 Å². The molecule has 2 aliphatic carbocycles. The molecule has 0 aliphatic heterocycles. The minimum Gasteiger partial charge on any atom is -0.481 e. The van der Waals surface area contributed by atoms with Crippen LogP contribution in [-0.2, 0) is 20.9 Å². The van der Waals surface area contributed by atoms with Gasteiger partial charge in [0.2, 0.25) is 5.91 Å². The number of halogens is 1. The van der Waals surface area contributed by atoms with Crippen molar-refractivity contribution in [2.45, 2.75) is 89.6 Å². The third kappa shape index (κ3) is 7.16. The van der Waals surface area contributed by atoms with Crippen LogP contribution >= 0.6 is 11.6 Å². The van der Waals surface area contributed by atoms with Gasteiger partial charge in [0.1, 0.15) is 5.76 Å². The average Bonchev–Trinajstić information content (AvgIpc) is 3.58. The van der Waals surface area contributed by atoms with E-state index in [2.05, 4.69) is 24.3 Å². The second kappa shape index (κ2) is 12.2. The lowest BCUT2D eigenvalue weighted by Crippen LogP contribution is -2.30. The molecule has 4 rings (SSSR count). The normalized spacial score (nSPS) is 20.1. The molecule has 1 aromatic heterocycles. The zero-order chi connectivity index (χ0) is 27.4. The lowest BCUT2D eigenvalue weighted by Gasteiger charge is -2.39. The monoisotopic (exact) mass is 546 g/mol. The van der Waals surface area contributed by atoms with Gasteiger partial charge < -0.3 is 24.8 Å². The third-order valence-electron chi connectivity index (χ3n) is 7.77. The highest BCUT2D eigenvalue weighted by Gasteiger charge is 2.42.